The Bertz CT molecular complexity index is 385. The van der Waals surface area contributed by atoms with Gasteiger partial charge in [-0.15, -0.1) is 0 Å². The van der Waals surface area contributed by atoms with Gasteiger partial charge in [-0.25, -0.2) is 0 Å². The minimum absolute atomic E-state index is 0.00126. The number of aliphatic hydroxyl groups excluding tert-OH is 1. The molecular weight excluding hydrogens is 230 g/mol. The van der Waals surface area contributed by atoms with Crippen molar-refractivity contribution in [1.82, 2.24) is 5.32 Å². The number of hydrogen-bond donors (Lipinski definition) is 2. The van der Waals surface area contributed by atoms with Gasteiger partial charge in [0.05, 0.1) is 19.8 Å². The first-order valence-electron chi connectivity index (χ1n) is 5.93. The standard InChI is InChI=1S/C14H19NO3/c1-12-2-4-13(5-3-12)6-7-14(17)15-8-10-18-11-9-16/h2-7,16H,8-11H2,1H3,(H,15,17)/b7-6+. The van der Waals surface area contributed by atoms with Crippen LogP contribution < -0.4 is 5.32 Å². The molecule has 0 bridgehead atoms. The number of ether oxygens (including phenoxy) is 1. The Morgan fingerprint density at radius 1 is 1.33 bits per heavy atom. The Balaban J connectivity index is 2.25. The van der Waals surface area contributed by atoms with E-state index in [4.69, 9.17) is 9.84 Å². The largest absolute Gasteiger partial charge is 0.394 e. The van der Waals surface area contributed by atoms with Crippen LogP contribution in [0.3, 0.4) is 0 Å². The predicted octanol–water partition coefficient (Wildman–Crippen LogP) is 1.13. The third-order valence-corrected chi connectivity index (χ3v) is 2.29. The van der Waals surface area contributed by atoms with E-state index in [0.717, 1.165) is 5.56 Å². The fourth-order valence-electron chi connectivity index (χ4n) is 1.32. The molecule has 0 aliphatic heterocycles. The number of hydrogen-bond acceptors (Lipinski definition) is 3. The van der Waals surface area contributed by atoms with Gasteiger partial charge in [-0.2, -0.15) is 0 Å². The van der Waals surface area contributed by atoms with Gasteiger partial charge >= 0.3 is 0 Å². The number of carbonyl (C=O) groups excluding carboxylic acids is 1. The van der Waals surface area contributed by atoms with Crippen molar-refractivity contribution in [1.29, 1.82) is 0 Å². The first kappa shape index (κ1) is 14.4. The number of amides is 1. The summed E-state index contributed by atoms with van der Waals surface area (Å²) in [6.45, 7) is 3.17. The summed E-state index contributed by atoms with van der Waals surface area (Å²) < 4.78 is 5.02. The summed E-state index contributed by atoms with van der Waals surface area (Å²) in [6.07, 6.45) is 3.26. The topological polar surface area (TPSA) is 58.6 Å². The molecule has 1 amide bonds. The molecule has 0 radical (unpaired) electrons. The number of benzene rings is 1. The molecule has 98 valence electrons. The van der Waals surface area contributed by atoms with Gasteiger partial charge in [-0.1, -0.05) is 29.8 Å². The van der Waals surface area contributed by atoms with Crippen molar-refractivity contribution in [2.75, 3.05) is 26.4 Å². The molecule has 0 aliphatic carbocycles. The number of nitrogens with one attached hydrogen (secondary N) is 1. The number of carbonyl (C=O) groups is 1. The van der Waals surface area contributed by atoms with E-state index in [1.165, 1.54) is 11.6 Å². The monoisotopic (exact) mass is 249 g/mol. The van der Waals surface area contributed by atoms with Crippen LogP contribution in [0.5, 0.6) is 0 Å². The van der Waals surface area contributed by atoms with E-state index >= 15 is 0 Å². The molecule has 0 atom stereocenters. The molecule has 4 nitrogen and oxygen atoms in total. The quantitative estimate of drug-likeness (QED) is 0.562. The van der Waals surface area contributed by atoms with Crippen molar-refractivity contribution in [3.8, 4) is 0 Å². The molecule has 0 unspecified atom stereocenters. The Labute approximate surface area is 107 Å². The summed E-state index contributed by atoms with van der Waals surface area (Å²) in [4.78, 5) is 11.4. The van der Waals surface area contributed by atoms with Crippen molar-refractivity contribution >= 4 is 12.0 Å². The lowest BCUT2D eigenvalue weighted by Crippen LogP contribution is -2.25. The van der Waals surface area contributed by atoms with E-state index in [1.807, 2.05) is 31.2 Å². The maximum absolute atomic E-state index is 11.4. The van der Waals surface area contributed by atoms with Gasteiger partial charge < -0.3 is 15.2 Å². The van der Waals surface area contributed by atoms with Crippen LogP contribution in [0.1, 0.15) is 11.1 Å². The zero-order valence-corrected chi connectivity index (χ0v) is 10.6. The first-order valence-corrected chi connectivity index (χ1v) is 5.93. The minimum Gasteiger partial charge on any atom is -0.394 e. The Kier molecular flexibility index (Phi) is 6.76. The molecule has 0 saturated heterocycles. The van der Waals surface area contributed by atoms with Crippen LogP contribution in [-0.2, 0) is 9.53 Å². The van der Waals surface area contributed by atoms with E-state index < -0.39 is 0 Å². The highest BCUT2D eigenvalue weighted by molar-refractivity contribution is 5.91. The zero-order chi connectivity index (χ0) is 13.2. The lowest BCUT2D eigenvalue weighted by molar-refractivity contribution is -0.116. The number of aliphatic hydroxyl groups is 1. The van der Waals surface area contributed by atoms with E-state index in [-0.39, 0.29) is 12.5 Å². The summed E-state index contributed by atoms with van der Waals surface area (Å²) in [6, 6.07) is 7.92. The minimum atomic E-state index is -0.150. The third kappa shape index (κ3) is 6.18. The van der Waals surface area contributed by atoms with Gasteiger partial charge in [-0.3, -0.25) is 4.79 Å². The molecule has 1 aromatic carbocycles. The molecule has 4 heteroatoms. The third-order valence-electron chi connectivity index (χ3n) is 2.29. The Hall–Kier alpha value is -1.65. The maximum Gasteiger partial charge on any atom is 0.244 e. The highest BCUT2D eigenvalue weighted by Gasteiger charge is 1.94. The molecule has 18 heavy (non-hydrogen) atoms. The van der Waals surface area contributed by atoms with Crippen LogP contribution >= 0.6 is 0 Å². The van der Waals surface area contributed by atoms with Gasteiger partial charge in [-0.05, 0) is 18.6 Å². The fraction of sp³-hybridized carbons (Fsp3) is 0.357. The smallest absolute Gasteiger partial charge is 0.244 e. The van der Waals surface area contributed by atoms with E-state index in [1.54, 1.807) is 6.08 Å². The van der Waals surface area contributed by atoms with Gasteiger partial charge in [0.1, 0.15) is 0 Å². The Morgan fingerprint density at radius 3 is 2.72 bits per heavy atom. The van der Waals surface area contributed by atoms with Gasteiger partial charge in [0.2, 0.25) is 5.91 Å². The Morgan fingerprint density at radius 2 is 2.06 bits per heavy atom. The maximum atomic E-state index is 11.4. The summed E-state index contributed by atoms with van der Waals surface area (Å²) >= 11 is 0. The highest BCUT2D eigenvalue weighted by atomic mass is 16.5. The van der Waals surface area contributed by atoms with Crippen LogP contribution in [0.2, 0.25) is 0 Å². The van der Waals surface area contributed by atoms with E-state index in [2.05, 4.69) is 5.32 Å². The molecule has 0 aromatic heterocycles. The van der Waals surface area contributed by atoms with Crippen molar-refractivity contribution in [2.45, 2.75) is 6.92 Å². The van der Waals surface area contributed by atoms with Crippen LogP contribution in [-0.4, -0.2) is 37.4 Å². The van der Waals surface area contributed by atoms with Crippen LogP contribution in [0.4, 0.5) is 0 Å². The molecule has 0 heterocycles. The van der Waals surface area contributed by atoms with Crippen LogP contribution in [0.15, 0.2) is 30.3 Å². The van der Waals surface area contributed by atoms with E-state index in [0.29, 0.717) is 19.8 Å². The molecule has 0 saturated carbocycles. The van der Waals surface area contributed by atoms with Gasteiger partial charge in [0.25, 0.3) is 0 Å². The molecule has 2 N–H and O–H groups in total. The molecule has 0 fully saturated rings. The molecular formula is C14H19NO3. The first-order chi connectivity index (χ1) is 8.72. The van der Waals surface area contributed by atoms with Crippen molar-refractivity contribution in [3.63, 3.8) is 0 Å². The highest BCUT2D eigenvalue weighted by Crippen LogP contribution is 2.04. The SMILES string of the molecule is Cc1ccc(/C=C/C(=O)NCCOCCO)cc1. The van der Waals surface area contributed by atoms with Crippen molar-refractivity contribution < 1.29 is 14.6 Å². The van der Waals surface area contributed by atoms with Crippen LogP contribution in [0.25, 0.3) is 6.08 Å². The average molecular weight is 249 g/mol. The summed E-state index contributed by atoms with van der Waals surface area (Å²) in [5.41, 5.74) is 2.19. The number of aryl methyl sites for hydroxylation is 1. The molecule has 0 spiro atoms. The fourth-order valence-corrected chi connectivity index (χ4v) is 1.32. The molecule has 1 aromatic rings. The van der Waals surface area contributed by atoms with Crippen LogP contribution in [0, 0.1) is 6.92 Å². The second kappa shape index (κ2) is 8.44. The summed E-state index contributed by atoms with van der Waals surface area (Å²) in [5, 5.41) is 11.2. The molecule has 1 rings (SSSR count). The lowest BCUT2D eigenvalue weighted by Gasteiger charge is -2.02. The summed E-state index contributed by atoms with van der Waals surface area (Å²) in [7, 11) is 0. The van der Waals surface area contributed by atoms with Gasteiger partial charge in [0, 0.05) is 12.6 Å². The molecule has 0 aliphatic rings. The average Bonchev–Trinajstić information content (AvgIpc) is 2.38. The normalized spacial score (nSPS) is 10.8. The van der Waals surface area contributed by atoms with Crippen molar-refractivity contribution in [2.24, 2.45) is 0 Å². The summed E-state index contributed by atoms with van der Waals surface area (Å²) in [5.74, 6) is -0.150. The second-order valence-corrected chi connectivity index (χ2v) is 3.87. The zero-order valence-electron chi connectivity index (χ0n) is 10.6. The predicted molar refractivity (Wildman–Crippen MR) is 71.1 cm³/mol. The van der Waals surface area contributed by atoms with Gasteiger partial charge in [0.15, 0.2) is 0 Å². The van der Waals surface area contributed by atoms with Crippen molar-refractivity contribution in [3.05, 3.63) is 41.5 Å². The van der Waals surface area contributed by atoms with E-state index in [9.17, 15) is 4.79 Å². The number of rotatable bonds is 7. The lowest BCUT2D eigenvalue weighted by atomic mass is 10.1. The second-order valence-electron chi connectivity index (χ2n) is 3.87.